The Morgan fingerprint density at radius 3 is 2.78 bits per heavy atom. The number of hydrogen-bond acceptors (Lipinski definition) is 3. The summed E-state index contributed by atoms with van der Waals surface area (Å²) >= 11 is 0. The van der Waals surface area contributed by atoms with Crippen LogP contribution in [0.3, 0.4) is 0 Å². The zero-order chi connectivity index (χ0) is 13.1. The van der Waals surface area contributed by atoms with Gasteiger partial charge in [0.05, 0.1) is 6.20 Å². The summed E-state index contributed by atoms with van der Waals surface area (Å²) in [5, 5.41) is 4.32. The van der Waals surface area contributed by atoms with Crippen molar-refractivity contribution in [3.05, 3.63) is 17.5 Å². The van der Waals surface area contributed by atoms with Crippen LogP contribution in [0.25, 0.3) is 0 Å². The van der Waals surface area contributed by atoms with Gasteiger partial charge in [0, 0.05) is 30.9 Å². The third kappa shape index (κ3) is 2.75. The molecule has 4 heteroatoms. The first-order valence-electron chi connectivity index (χ1n) is 7.01. The largest absolute Gasteiger partial charge is 0.330 e. The van der Waals surface area contributed by atoms with E-state index in [9.17, 15) is 0 Å². The van der Waals surface area contributed by atoms with Crippen molar-refractivity contribution < 1.29 is 0 Å². The maximum atomic E-state index is 5.92. The Hall–Kier alpha value is -0.870. The van der Waals surface area contributed by atoms with Crippen LogP contribution in [0.2, 0.25) is 0 Å². The molecule has 0 spiro atoms. The van der Waals surface area contributed by atoms with Gasteiger partial charge in [-0.2, -0.15) is 5.10 Å². The summed E-state index contributed by atoms with van der Waals surface area (Å²) in [5.74, 6) is 0.667. The summed E-state index contributed by atoms with van der Waals surface area (Å²) < 4.78 is 1.95. The molecule has 0 bridgehead atoms. The van der Waals surface area contributed by atoms with Crippen molar-refractivity contribution in [1.29, 1.82) is 0 Å². The first-order chi connectivity index (χ1) is 8.63. The van der Waals surface area contributed by atoms with E-state index in [2.05, 4.69) is 24.0 Å². The van der Waals surface area contributed by atoms with Crippen molar-refractivity contribution in [3.63, 3.8) is 0 Å². The Labute approximate surface area is 110 Å². The fraction of sp³-hybridized carbons (Fsp3) is 0.786. The van der Waals surface area contributed by atoms with E-state index < -0.39 is 0 Å². The summed E-state index contributed by atoms with van der Waals surface area (Å²) in [6.07, 6.45) is 7.26. The summed E-state index contributed by atoms with van der Waals surface area (Å²) in [7, 11) is 4.23. The van der Waals surface area contributed by atoms with E-state index in [1.807, 2.05) is 17.9 Å². The maximum absolute atomic E-state index is 5.92. The molecule has 1 saturated carbocycles. The van der Waals surface area contributed by atoms with Gasteiger partial charge >= 0.3 is 0 Å². The van der Waals surface area contributed by atoms with Crippen LogP contribution < -0.4 is 5.73 Å². The van der Waals surface area contributed by atoms with E-state index in [1.165, 1.54) is 36.9 Å². The molecule has 0 saturated heterocycles. The van der Waals surface area contributed by atoms with Gasteiger partial charge in [-0.05, 0) is 39.3 Å². The van der Waals surface area contributed by atoms with E-state index >= 15 is 0 Å². The van der Waals surface area contributed by atoms with Crippen molar-refractivity contribution >= 4 is 0 Å². The van der Waals surface area contributed by atoms with Gasteiger partial charge in [-0.25, -0.2) is 0 Å². The molecule has 0 aromatic carbocycles. The Kier molecular flexibility index (Phi) is 4.40. The quantitative estimate of drug-likeness (QED) is 0.884. The van der Waals surface area contributed by atoms with E-state index in [1.54, 1.807) is 0 Å². The van der Waals surface area contributed by atoms with Crippen molar-refractivity contribution in [3.8, 4) is 0 Å². The lowest BCUT2D eigenvalue weighted by atomic mass is 9.83. The number of nitrogens with zero attached hydrogens (tertiary/aromatic N) is 3. The molecule has 1 aliphatic rings. The molecule has 2 rings (SSSR count). The fourth-order valence-electron chi connectivity index (χ4n) is 3.13. The Bertz CT molecular complexity index is 385. The molecule has 18 heavy (non-hydrogen) atoms. The van der Waals surface area contributed by atoms with E-state index in [0.29, 0.717) is 12.0 Å². The second-order valence-corrected chi connectivity index (χ2v) is 5.64. The summed E-state index contributed by atoms with van der Waals surface area (Å²) in [6, 6.07) is 0.642. The van der Waals surface area contributed by atoms with Crippen molar-refractivity contribution in [2.24, 2.45) is 18.7 Å². The number of aryl methyl sites for hydroxylation is 1. The molecule has 1 aromatic rings. The number of aromatic nitrogens is 2. The molecule has 0 radical (unpaired) electrons. The molecule has 2 unspecified atom stereocenters. The molecule has 102 valence electrons. The van der Waals surface area contributed by atoms with Gasteiger partial charge in [0.15, 0.2) is 0 Å². The second kappa shape index (κ2) is 5.85. The highest BCUT2D eigenvalue weighted by molar-refractivity contribution is 5.15. The third-order valence-electron chi connectivity index (χ3n) is 4.49. The lowest BCUT2D eigenvalue weighted by Gasteiger charge is -2.37. The minimum absolute atomic E-state index is 0.642. The Balaban J connectivity index is 2.02. The smallest absolute Gasteiger partial charge is 0.0537 e. The Morgan fingerprint density at radius 1 is 1.44 bits per heavy atom. The molecular formula is C14H26N4. The zero-order valence-electron chi connectivity index (χ0n) is 11.9. The van der Waals surface area contributed by atoms with Crippen molar-refractivity contribution in [2.45, 2.75) is 45.2 Å². The summed E-state index contributed by atoms with van der Waals surface area (Å²) in [5.41, 5.74) is 8.52. The highest BCUT2D eigenvalue weighted by Gasteiger charge is 2.27. The van der Waals surface area contributed by atoms with Crippen LogP contribution in [0.4, 0.5) is 0 Å². The average molecular weight is 250 g/mol. The molecule has 2 atom stereocenters. The molecule has 0 amide bonds. The summed E-state index contributed by atoms with van der Waals surface area (Å²) in [4.78, 5) is 2.47. The molecule has 1 fully saturated rings. The maximum Gasteiger partial charge on any atom is 0.0537 e. The normalized spacial score (nSPS) is 24.7. The van der Waals surface area contributed by atoms with Crippen LogP contribution in [-0.4, -0.2) is 34.3 Å². The first-order valence-corrected chi connectivity index (χ1v) is 7.01. The summed E-state index contributed by atoms with van der Waals surface area (Å²) in [6.45, 7) is 3.94. The second-order valence-electron chi connectivity index (χ2n) is 5.64. The van der Waals surface area contributed by atoms with Gasteiger partial charge in [0.25, 0.3) is 0 Å². The first kappa shape index (κ1) is 13.6. The number of rotatable bonds is 4. The van der Waals surface area contributed by atoms with Crippen LogP contribution in [0.5, 0.6) is 0 Å². The molecule has 0 aliphatic heterocycles. The lowest BCUT2D eigenvalue weighted by Crippen LogP contribution is -2.42. The van der Waals surface area contributed by atoms with Gasteiger partial charge in [0.2, 0.25) is 0 Å². The van der Waals surface area contributed by atoms with Crippen LogP contribution in [0.15, 0.2) is 6.20 Å². The highest BCUT2D eigenvalue weighted by atomic mass is 15.3. The monoisotopic (exact) mass is 250 g/mol. The molecule has 4 nitrogen and oxygen atoms in total. The van der Waals surface area contributed by atoms with Crippen LogP contribution in [-0.2, 0) is 13.6 Å². The predicted octanol–water partition coefficient (Wildman–Crippen LogP) is 1.68. The van der Waals surface area contributed by atoms with Crippen LogP contribution in [0, 0.1) is 12.8 Å². The van der Waals surface area contributed by atoms with E-state index in [0.717, 1.165) is 13.1 Å². The number of hydrogen-bond donors (Lipinski definition) is 1. The van der Waals surface area contributed by atoms with Gasteiger partial charge in [-0.1, -0.05) is 12.8 Å². The molecule has 1 aromatic heterocycles. The van der Waals surface area contributed by atoms with E-state index in [4.69, 9.17) is 5.73 Å². The minimum Gasteiger partial charge on any atom is -0.330 e. The standard InChI is InChI=1S/C14H26N4/c1-11-13(9-16-18(11)3)10-17(2)14-7-5-4-6-12(14)8-15/h9,12,14H,4-8,10,15H2,1-3H3. The van der Waals surface area contributed by atoms with Gasteiger partial charge in [-0.15, -0.1) is 0 Å². The molecule has 2 N–H and O–H groups in total. The van der Waals surface area contributed by atoms with Crippen LogP contribution in [0.1, 0.15) is 36.9 Å². The fourth-order valence-corrected chi connectivity index (χ4v) is 3.13. The SMILES string of the molecule is Cc1c(CN(C)C2CCCCC2CN)cnn1C. The number of nitrogens with two attached hydrogens (primary N) is 1. The molecular weight excluding hydrogens is 224 g/mol. The van der Waals surface area contributed by atoms with Crippen LogP contribution >= 0.6 is 0 Å². The third-order valence-corrected chi connectivity index (χ3v) is 4.49. The minimum atomic E-state index is 0.642. The molecule has 1 heterocycles. The van der Waals surface area contributed by atoms with Crippen molar-refractivity contribution in [1.82, 2.24) is 14.7 Å². The lowest BCUT2D eigenvalue weighted by molar-refractivity contribution is 0.127. The predicted molar refractivity (Wildman–Crippen MR) is 74.2 cm³/mol. The van der Waals surface area contributed by atoms with Gasteiger partial charge < -0.3 is 5.73 Å². The van der Waals surface area contributed by atoms with Gasteiger partial charge in [0.1, 0.15) is 0 Å². The van der Waals surface area contributed by atoms with Crippen molar-refractivity contribution in [2.75, 3.05) is 13.6 Å². The zero-order valence-corrected chi connectivity index (χ0v) is 11.9. The van der Waals surface area contributed by atoms with E-state index in [-0.39, 0.29) is 0 Å². The van der Waals surface area contributed by atoms with Gasteiger partial charge in [-0.3, -0.25) is 9.58 Å². The topological polar surface area (TPSA) is 47.1 Å². The average Bonchev–Trinajstić information content (AvgIpc) is 2.70. The highest BCUT2D eigenvalue weighted by Crippen LogP contribution is 2.28. The molecule has 1 aliphatic carbocycles. The Morgan fingerprint density at radius 2 is 2.17 bits per heavy atom.